The van der Waals surface area contributed by atoms with Crippen LogP contribution in [0.25, 0.3) is 10.8 Å². The van der Waals surface area contributed by atoms with Crippen molar-refractivity contribution < 1.29 is 222 Å². The molecule has 51 heteroatoms. The van der Waals surface area contributed by atoms with Gasteiger partial charge in [-0.15, -0.1) is 0 Å². The van der Waals surface area contributed by atoms with E-state index in [-0.39, 0.29) is 119 Å². The van der Waals surface area contributed by atoms with Gasteiger partial charge in [-0.3, -0.25) is 34.9 Å². The molecule has 0 unspecified atom stereocenters. The normalized spacial score (nSPS) is 9.62. The molecular formula is C98H97BrCl8N14O21Os7. The molecule has 0 amide bonds. The van der Waals surface area contributed by atoms with Crippen molar-refractivity contribution >= 4 is 189 Å². The summed E-state index contributed by atoms with van der Waals surface area (Å²) < 4.78 is 53.2. The number of nitrogens with zero attached hydrogens (tertiary/aromatic N) is 14. The monoisotopic (exact) mass is 3510 g/mol. The average Bonchev–Trinajstić information content (AvgIpc) is 0.806. The summed E-state index contributed by atoms with van der Waals surface area (Å²) in [4.78, 5) is 29.0. The van der Waals surface area contributed by atoms with Crippen LogP contribution in [0.5, 0.6) is 80.5 Å². The van der Waals surface area contributed by atoms with Crippen LogP contribution in [0.3, 0.4) is 0 Å². The molecule has 35 nitrogen and oxygen atoms in total. The Morgan fingerprint density at radius 1 is 0.215 bits per heavy atom. The number of para-hydroxylation sites is 15. The molecular weight excluding hydrogens is 3400 g/mol. The van der Waals surface area contributed by atoms with Gasteiger partial charge in [-0.25, -0.2) is 0 Å². The molecule has 0 fully saturated rings. The van der Waals surface area contributed by atoms with Gasteiger partial charge in [0.15, 0.2) is 0 Å². The molecule has 0 heterocycles. The first-order valence-corrected chi connectivity index (χ1v) is 70.1. The van der Waals surface area contributed by atoms with Crippen molar-refractivity contribution in [2.45, 2.75) is 20.8 Å². The Labute approximate surface area is 950 Å². The molecule has 15 aromatic carbocycles. The van der Waals surface area contributed by atoms with E-state index in [2.05, 4.69) is 50.9 Å². The second kappa shape index (κ2) is 89.2. The Bertz CT molecular complexity index is 6370. The van der Waals surface area contributed by atoms with E-state index in [9.17, 15) is 71.5 Å². The standard InChI is InChI=1S/C17H13NO2.3C14H13NO2.C13H10BrNO2.C13H10ClNO2.C13H11NO2.7ClH.7N.7H2O.7Os/c19-16-10-9-12-5-1-2-6-13(12)14(16)11-18-15-7-3-4-8-17(15)20;3*1-10-6-7-13(16)11(8-10)9-15-12-4-2-3-5-14(12)17;2*14-10-5-6-12(16)9(7-10)8-15-11-3-1-2-4-13(11)17;15-12-7-3-1-5-10(12)9-14-11-6-2-4-8-13(11)16;;;;;;;;;;;;;;;;;;;;;;;;;;;;/h1-11,19-20H;3*2-9,16-17H,1H3;2*1-8,16-17H;1-9,15-16H;7*1H;;;;;;;;7*1H2;;;;;;;/q;;;;;;;;;;;;;;;;;;;;;;;;;;;;7*+1/p-7. The first-order valence-electron chi connectivity index (χ1n) is 39.0. The maximum atomic E-state index is 10.0. The van der Waals surface area contributed by atoms with E-state index in [1.54, 1.807) is 249 Å². The van der Waals surface area contributed by atoms with E-state index in [0.29, 0.717) is 83.8 Å². The van der Waals surface area contributed by atoms with Gasteiger partial charge in [0.25, 0.3) is 0 Å². The Morgan fingerprint density at radius 2 is 0.409 bits per heavy atom. The number of aryl methyl sites for hydroxylation is 3. The van der Waals surface area contributed by atoms with Crippen molar-refractivity contribution in [1.82, 2.24) is 0 Å². The molecule has 804 valence electrons. The van der Waals surface area contributed by atoms with Crippen molar-refractivity contribution in [1.29, 1.82) is 27.2 Å². The Morgan fingerprint density at radius 3 is 0.678 bits per heavy atom. The number of rotatable bonds is 14. The third kappa shape index (κ3) is 61.3. The molecule has 0 saturated heterocycles. The molecule has 0 aromatic heterocycles. The summed E-state index contributed by atoms with van der Waals surface area (Å²) in [6, 6.07) is 91.3. The van der Waals surface area contributed by atoms with Gasteiger partial charge in [0.2, 0.25) is 0 Å². The molecule has 0 aliphatic carbocycles. The van der Waals surface area contributed by atoms with Crippen LogP contribution >= 0.6 is 95.0 Å². The van der Waals surface area contributed by atoms with Gasteiger partial charge in [0.05, 0.1) is 0 Å². The van der Waals surface area contributed by atoms with Crippen LogP contribution in [0.1, 0.15) is 55.6 Å². The fourth-order valence-electron chi connectivity index (χ4n) is 10.6. The Balaban J connectivity index is -0.000000385. The van der Waals surface area contributed by atoms with Gasteiger partial charge in [-0.05, 0) is 207 Å². The number of hydrogen-bond acceptors (Lipinski definition) is 28. The average molecular weight is 3500 g/mol. The van der Waals surface area contributed by atoms with E-state index >= 15 is 0 Å². The van der Waals surface area contributed by atoms with Crippen LogP contribution in [-0.2, 0) is 112 Å². The third-order valence-corrected chi connectivity index (χ3v) is 17.7. The van der Waals surface area contributed by atoms with Gasteiger partial charge in [-0.1, -0.05) is 190 Å². The van der Waals surface area contributed by atoms with Gasteiger partial charge < -0.3 is 110 Å². The predicted molar refractivity (Wildman–Crippen MR) is 567 cm³/mol. The Kier molecular flexibility index (Phi) is 88.7. The fraction of sp³-hybridized carbons (Fsp3) is 0.0306. The van der Waals surface area contributed by atoms with E-state index in [1.807, 2.05) is 93.6 Å². The van der Waals surface area contributed by atoms with E-state index < -0.39 is 112 Å². The Hall–Kier alpha value is -11.6. The van der Waals surface area contributed by atoms with Crippen molar-refractivity contribution in [2.24, 2.45) is 34.9 Å². The molecule has 0 bridgehead atoms. The minimum absolute atomic E-state index is 0. The number of phenols is 14. The molecule has 15 rings (SSSR count). The molecule has 0 radical (unpaired) electrons. The van der Waals surface area contributed by atoms with E-state index in [1.165, 1.54) is 43.4 Å². The van der Waals surface area contributed by atoms with Crippen LogP contribution < -0.4 is 0 Å². The van der Waals surface area contributed by atoms with Gasteiger partial charge in [0.1, 0.15) is 120 Å². The number of phenolic OH excluding ortho intramolecular Hbond substituents is 14. The summed E-state index contributed by atoms with van der Waals surface area (Å²) in [6.45, 7) is 5.82. The summed E-state index contributed by atoms with van der Waals surface area (Å²) in [6.07, 6.45) is 10.7. The van der Waals surface area contributed by atoms with Crippen LogP contribution in [0.4, 0.5) is 39.8 Å². The quantitative estimate of drug-likeness (QED) is 0.0450. The van der Waals surface area contributed by atoms with E-state index in [4.69, 9.17) is 106 Å². The van der Waals surface area contributed by atoms with Crippen LogP contribution in [-0.4, -0.2) is 153 Å². The number of hydrogen-bond donors (Lipinski definition) is 14. The van der Waals surface area contributed by atoms with Crippen molar-refractivity contribution in [3.63, 3.8) is 0 Å². The third-order valence-electron chi connectivity index (χ3n) is 17.0. The molecule has 0 atom stereocenters. The van der Waals surface area contributed by atoms with E-state index in [0.717, 1.165) is 31.9 Å². The number of fused-ring (bicyclic) bond motifs is 1. The van der Waals surface area contributed by atoms with Gasteiger partial charge in [0, 0.05) is 91.9 Å². The van der Waals surface area contributed by atoms with Crippen molar-refractivity contribution in [3.05, 3.63) is 387 Å². The maximum absolute atomic E-state index is 10.0. The topological polar surface area (TPSA) is 757 Å². The van der Waals surface area contributed by atoms with Gasteiger partial charge >= 0.3 is 207 Å². The molecule has 0 aliphatic heterocycles. The van der Waals surface area contributed by atoms with Crippen molar-refractivity contribution in [3.8, 4) is 80.5 Å². The number of benzene rings is 15. The zero-order valence-electron chi connectivity index (χ0n) is 77.0. The summed E-state index contributed by atoms with van der Waals surface area (Å²) in [5.41, 5.74) is 10.7. The SMILES string of the molecule is Cc1ccc(O)c(C=Nc2ccccc2O)c1.Cc1ccc(O)c(C=Nc2ccccc2O)c1.Cc1ccc(O)c(C=Nc2ccccc2O)c1.O.O.O.O.O.O.O.Oc1ccc(Br)cc1C=Nc1ccccc1O.Oc1ccc(Cl)cc1C=Nc1ccccc1O.Oc1ccccc1C=Nc1ccccc1O.Oc1ccccc1N=Cc1c(O)ccc2ccccc12.[N]#[Os][Cl].[N]#[Os][Cl].[N]#[Os][Cl].[N]#[Os][Cl].[N]#[Os][Cl].[N]#[Os][Cl].[N]#[Os][Cl]. The summed E-state index contributed by atoms with van der Waals surface area (Å²) >= 11 is 1.34. The minimum atomic E-state index is -1.11. The molecule has 0 spiro atoms. The molecule has 28 N–H and O–H groups in total. The first-order chi connectivity index (χ1) is 68.2. The molecule has 15 aromatic rings. The molecule has 0 aliphatic rings. The van der Waals surface area contributed by atoms with Crippen LogP contribution in [0.15, 0.2) is 361 Å². The second-order valence-corrected chi connectivity index (χ2v) is 37.7. The predicted octanol–water partition coefficient (Wildman–Crippen LogP) is 22.6. The van der Waals surface area contributed by atoms with Crippen LogP contribution in [0.2, 0.25) is 5.02 Å². The summed E-state index contributed by atoms with van der Waals surface area (Å²) in [7, 11) is 32.9. The molecule has 0 saturated carbocycles. The number of halogens is 9. The molecule has 149 heavy (non-hydrogen) atoms. The van der Waals surface area contributed by atoms with Crippen molar-refractivity contribution in [2.75, 3.05) is 0 Å². The van der Waals surface area contributed by atoms with Crippen LogP contribution in [0, 0.1) is 47.9 Å². The number of aliphatic imine (C=N–C) groups is 7. The van der Waals surface area contributed by atoms with Gasteiger partial charge in [-0.2, -0.15) is 0 Å². The zero-order chi connectivity index (χ0) is 106. The summed E-state index contributed by atoms with van der Waals surface area (Å²) in [5.74, 6) is 1.90. The first kappa shape index (κ1) is 148. The summed E-state index contributed by atoms with van der Waals surface area (Å²) in [5, 5.41) is 137. The zero-order valence-corrected chi connectivity index (χ0v) is 102. The fourth-order valence-corrected chi connectivity index (χ4v) is 11.1. The second-order valence-electron chi connectivity index (χ2n) is 26.5. The number of aromatic hydroxyl groups is 14.